The molecule has 5 rings (SSSR count). The highest BCUT2D eigenvalue weighted by molar-refractivity contribution is 6.32. The molecule has 0 bridgehead atoms. The Kier molecular flexibility index (Phi) is 3.22. The summed E-state index contributed by atoms with van der Waals surface area (Å²) < 4.78 is 7.42. The molecule has 0 amide bonds. The second-order valence-electron chi connectivity index (χ2n) is 6.69. The van der Waals surface area contributed by atoms with Gasteiger partial charge in [-0.3, -0.25) is 9.59 Å². The second kappa shape index (κ2) is 5.51. The minimum atomic E-state index is -0.506. The number of fused-ring (bicyclic) bond motifs is 6. The molecule has 0 unspecified atom stereocenters. The highest BCUT2D eigenvalue weighted by Crippen LogP contribution is 2.37. The van der Waals surface area contributed by atoms with Gasteiger partial charge in [0.1, 0.15) is 5.69 Å². The molecular formula is C22H15NO4. The molecule has 0 aliphatic heterocycles. The van der Waals surface area contributed by atoms with E-state index in [1.807, 2.05) is 23.6 Å². The van der Waals surface area contributed by atoms with E-state index in [-0.39, 0.29) is 22.7 Å². The van der Waals surface area contributed by atoms with E-state index in [2.05, 4.69) is 0 Å². The zero-order chi connectivity index (χ0) is 18.7. The molecule has 4 aromatic rings. The van der Waals surface area contributed by atoms with Crippen LogP contribution in [-0.2, 0) is 6.54 Å². The van der Waals surface area contributed by atoms with Crippen molar-refractivity contribution in [3.63, 3.8) is 0 Å². The van der Waals surface area contributed by atoms with Crippen molar-refractivity contribution >= 4 is 33.4 Å². The van der Waals surface area contributed by atoms with Gasteiger partial charge in [0.2, 0.25) is 5.78 Å². The van der Waals surface area contributed by atoms with Crippen LogP contribution in [0.4, 0.5) is 0 Å². The fraction of sp³-hybridized carbons (Fsp3) is 0.136. The first-order valence-electron chi connectivity index (χ1n) is 8.90. The Morgan fingerprint density at radius 2 is 1.48 bits per heavy atom. The zero-order valence-electron chi connectivity index (χ0n) is 14.6. The first kappa shape index (κ1) is 15.8. The summed E-state index contributed by atoms with van der Waals surface area (Å²) >= 11 is 0. The maximum Gasteiger partial charge on any atom is 0.344 e. The molecule has 1 aliphatic carbocycles. The Labute approximate surface area is 153 Å². The van der Waals surface area contributed by atoms with E-state index in [1.165, 1.54) is 0 Å². The van der Waals surface area contributed by atoms with E-state index in [0.29, 0.717) is 39.7 Å². The Morgan fingerprint density at radius 1 is 0.852 bits per heavy atom. The van der Waals surface area contributed by atoms with Crippen molar-refractivity contribution in [2.45, 2.75) is 19.9 Å². The van der Waals surface area contributed by atoms with Gasteiger partial charge in [0.15, 0.2) is 11.4 Å². The normalized spacial score (nSPS) is 13.2. The highest BCUT2D eigenvalue weighted by atomic mass is 16.4. The van der Waals surface area contributed by atoms with E-state index >= 15 is 0 Å². The van der Waals surface area contributed by atoms with E-state index in [1.54, 1.807) is 36.4 Å². The molecule has 0 radical (unpaired) electrons. The average molecular weight is 357 g/mol. The first-order valence-corrected chi connectivity index (χ1v) is 8.90. The number of hydrogen-bond acceptors (Lipinski definition) is 4. The van der Waals surface area contributed by atoms with Crippen molar-refractivity contribution in [2.24, 2.45) is 0 Å². The monoisotopic (exact) mass is 357 g/mol. The van der Waals surface area contributed by atoms with Gasteiger partial charge in [-0.15, -0.1) is 0 Å². The van der Waals surface area contributed by atoms with Gasteiger partial charge >= 0.3 is 5.63 Å². The third-order valence-electron chi connectivity index (χ3n) is 5.12. The fourth-order valence-corrected chi connectivity index (χ4v) is 4.01. The van der Waals surface area contributed by atoms with Crippen LogP contribution in [0.25, 0.3) is 21.9 Å². The quantitative estimate of drug-likeness (QED) is 0.480. The van der Waals surface area contributed by atoms with Crippen LogP contribution in [0, 0.1) is 0 Å². The van der Waals surface area contributed by atoms with Crippen LogP contribution in [0.1, 0.15) is 45.3 Å². The molecule has 5 heteroatoms. The average Bonchev–Trinajstić information content (AvgIpc) is 3.01. The predicted molar refractivity (Wildman–Crippen MR) is 102 cm³/mol. The molecule has 2 aromatic carbocycles. The van der Waals surface area contributed by atoms with Crippen LogP contribution in [0.2, 0.25) is 0 Å². The Hall–Kier alpha value is -3.47. The molecule has 0 fully saturated rings. The number of hydrogen-bond donors (Lipinski definition) is 0. The fourth-order valence-electron chi connectivity index (χ4n) is 4.01. The standard InChI is InChI=1S/C22H15NO4/c1-2-11-23-17-12-7-3-6-10-15(12)22(26)27-21(17)16-18(23)20(25)14-9-5-4-8-13(14)19(16)24/h3-10H,2,11H2,1H3. The number of carbonyl (C=O) groups is 2. The van der Waals surface area contributed by atoms with Crippen LogP contribution in [0.15, 0.2) is 57.7 Å². The molecule has 1 aliphatic rings. The molecule has 0 saturated carbocycles. The number of rotatable bonds is 2. The van der Waals surface area contributed by atoms with Gasteiger partial charge in [-0.25, -0.2) is 4.79 Å². The summed E-state index contributed by atoms with van der Waals surface area (Å²) in [6, 6.07) is 13.9. The number of ketones is 2. The summed E-state index contributed by atoms with van der Waals surface area (Å²) in [4.78, 5) is 39.0. The predicted octanol–water partition coefficient (Wildman–Crippen LogP) is 3.93. The van der Waals surface area contributed by atoms with Gasteiger partial charge in [-0.1, -0.05) is 49.4 Å². The number of nitrogens with zero attached hydrogens (tertiary/aromatic N) is 1. The van der Waals surface area contributed by atoms with Gasteiger partial charge in [0, 0.05) is 23.1 Å². The first-order chi connectivity index (χ1) is 13.1. The Balaban J connectivity index is 2.02. The van der Waals surface area contributed by atoms with Crippen molar-refractivity contribution in [3.05, 3.63) is 81.3 Å². The summed E-state index contributed by atoms with van der Waals surface area (Å²) in [5.41, 5.74) is 1.58. The number of carbonyl (C=O) groups excluding carboxylic acids is 2. The molecule has 0 atom stereocenters. The van der Waals surface area contributed by atoms with Crippen LogP contribution >= 0.6 is 0 Å². The lowest BCUT2D eigenvalue weighted by molar-refractivity contribution is 0.0973. The summed E-state index contributed by atoms with van der Waals surface area (Å²) in [5.74, 6) is -0.491. The van der Waals surface area contributed by atoms with E-state index < -0.39 is 5.63 Å². The topological polar surface area (TPSA) is 69.3 Å². The largest absolute Gasteiger partial charge is 0.420 e. The molecule has 27 heavy (non-hydrogen) atoms. The Bertz CT molecular complexity index is 1340. The van der Waals surface area contributed by atoms with Crippen LogP contribution in [0.5, 0.6) is 0 Å². The van der Waals surface area contributed by atoms with Crippen molar-refractivity contribution < 1.29 is 14.0 Å². The van der Waals surface area contributed by atoms with Crippen molar-refractivity contribution in [2.75, 3.05) is 0 Å². The highest BCUT2D eigenvalue weighted by Gasteiger charge is 2.37. The lowest BCUT2D eigenvalue weighted by Gasteiger charge is -2.16. The summed E-state index contributed by atoms with van der Waals surface area (Å²) in [5, 5.41) is 1.13. The summed E-state index contributed by atoms with van der Waals surface area (Å²) in [6.07, 6.45) is 0.771. The van der Waals surface area contributed by atoms with Gasteiger partial charge in [0.25, 0.3) is 0 Å². The molecule has 2 heterocycles. The SMILES string of the molecule is CCCn1c2c(c3oc(=O)c4ccccc4c31)C(=O)c1ccccc1C2=O. The van der Waals surface area contributed by atoms with Crippen molar-refractivity contribution in [1.82, 2.24) is 4.57 Å². The molecule has 0 N–H and O–H groups in total. The van der Waals surface area contributed by atoms with Crippen LogP contribution in [0.3, 0.4) is 0 Å². The number of benzene rings is 2. The smallest absolute Gasteiger partial charge is 0.344 e. The van der Waals surface area contributed by atoms with E-state index in [0.717, 1.165) is 6.42 Å². The zero-order valence-corrected chi connectivity index (χ0v) is 14.6. The number of aromatic nitrogens is 1. The molecule has 132 valence electrons. The van der Waals surface area contributed by atoms with Gasteiger partial charge in [-0.05, 0) is 12.5 Å². The summed E-state index contributed by atoms with van der Waals surface area (Å²) in [6.45, 7) is 2.55. The van der Waals surface area contributed by atoms with Crippen LogP contribution < -0.4 is 5.63 Å². The minimum Gasteiger partial charge on any atom is -0.420 e. The third kappa shape index (κ3) is 1.96. The lowest BCUT2D eigenvalue weighted by atomic mass is 9.88. The molecule has 0 saturated heterocycles. The molecule has 5 nitrogen and oxygen atoms in total. The second-order valence-corrected chi connectivity index (χ2v) is 6.69. The van der Waals surface area contributed by atoms with Crippen molar-refractivity contribution in [1.29, 1.82) is 0 Å². The minimum absolute atomic E-state index is 0.199. The molecular weight excluding hydrogens is 342 g/mol. The van der Waals surface area contributed by atoms with Gasteiger partial charge in [0.05, 0.1) is 16.5 Å². The molecule has 0 spiro atoms. The maximum atomic E-state index is 13.2. The Morgan fingerprint density at radius 3 is 2.19 bits per heavy atom. The maximum absolute atomic E-state index is 13.2. The summed E-state index contributed by atoms with van der Waals surface area (Å²) in [7, 11) is 0. The van der Waals surface area contributed by atoms with Gasteiger partial charge in [-0.2, -0.15) is 0 Å². The van der Waals surface area contributed by atoms with Crippen molar-refractivity contribution in [3.8, 4) is 0 Å². The van der Waals surface area contributed by atoms with E-state index in [4.69, 9.17) is 4.42 Å². The van der Waals surface area contributed by atoms with Crippen LogP contribution in [-0.4, -0.2) is 16.1 Å². The lowest BCUT2D eigenvalue weighted by Crippen LogP contribution is -2.22. The number of aryl methyl sites for hydroxylation is 1. The van der Waals surface area contributed by atoms with Gasteiger partial charge < -0.3 is 8.98 Å². The third-order valence-corrected chi connectivity index (χ3v) is 5.12. The molecule has 2 aromatic heterocycles. The van der Waals surface area contributed by atoms with E-state index in [9.17, 15) is 14.4 Å².